The van der Waals surface area contributed by atoms with Gasteiger partial charge in [-0.3, -0.25) is 5.32 Å². The minimum absolute atomic E-state index is 0.00989. The molecule has 0 aliphatic heterocycles. The molecule has 0 bridgehead atoms. The zero-order valence-corrected chi connectivity index (χ0v) is 20.3. The standard InChI is InChI=1S/C27H29N3O4/c1-26(2,3)33-24(31)29-23-28-18-22(30(23)25(32)34-27(4,5)6)21-15-11-10-14-20(21)17-16-19-12-8-7-9-13-19/h7-15,18H,1-6H3,(H,28,29,31). The first-order chi connectivity index (χ1) is 15.9. The first kappa shape index (κ1) is 24.6. The van der Waals surface area contributed by atoms with E-state index in [1.165, 1.54) is 10.8 Å². The van der Waals surface area contributed by atoms with Crippen LogP contribution in [0, 0.1) is 11.8 Å². The SMILES string of the molecule is CC(C)(C)OC(=O)Nc1ncc(-c2ccccc2C#Cc2ccccc2)n1C(=O)OC(C)(C)C. The number of benzene rings is 2. The lowest BCUT2D eigenvalue weighted by Crippen LogP contribution is -2.31. The molecule has 0 spiro atoms. The van der Waals surface area contributed by atoms with E-state index in [0.717, 1.165) is 5.56 Å². The molecule has 1 N–H and O–H groups in total. The number of imidazole rings is 1. The summed E-state index contributed by atoms with van der Waals surface area (Å²) in [5.41, 5.74) is 1.19. The third kappa shape index (κ3) is 6.72. The van der Waals surface area contributed by atoms with Crippen LogP contribution in [-0.4, -0.2) is 32.9 Å². The molecule has 0 radical (unpaired) electrons. The summed E-state index contributed by atoms with van der Waals surface area (Å²) in [6, 6.07) is 17.0. The Morgan fingerprint density at radius 3 is 2.12 bits per heavy atom. The van der Waals surface area contributed by atoms with E-state index in [-0.39, 0.29) is 5.95 Å². The Labute approximate surface area is 200 Å². The van der Waals surface area contributed by atoms with Crippen molar-refractivity contribution < 1.29 is 19.1 Å². The molecule has 7 heteroatoms. The normalized spacial score (nSPS) is 11.2. The van der Waals surface area contributed by atoms with Crippen molar-refractivity contribution in [3.63, 3.8) is 0 Å². The van der Waals surface area contributed by atoms with Crippen LogP contribution in [0.25, 0.3) is 11.3 Å². The Balaban J connectivity index is 2.07. The summed E-state index contributed by atoms with van der Waals surface area (Å²) < 4.78 is 12.1. The highest BCUT2D eigenvalue weighted by Gasteiger charge is 2.27. The fourth-order valence-electron chi connectivity index (χ4n) is 2.99. The van der Waals surface area contributed by atoms with Gasteiger partial charge in [-0.1, -0.05) is 48.2 Å². The largest absolute Gasteiger partial charge is 0.444 e. The summed E-state index contributed by atoms with van der Waals surface area (Å²) >= 11 is 0. The number of carbonyl (C=O) groups is 2. The molecule has 0 atom stereocenters. The second kappa shape index (κ2) is 9.84. The minimum Gasteiger partial charge on any atom is -0.444 e. The number of amides is 1. The van der Waals surface area contributed by atoms with Crippen LogP contribution in [0.3, 0.4) is 0 Å². The van der Waals surface area contributed by atoms with Gasteiger partial charge in [0.25, 0.3) is 0 Å². The fraction of sp³-hybridized carbons (Fsp3) is 0.296. The fourth-order valence-corrected chi connectivity index (χ4v) is 2.99. The molecule has 2 aromatic carbocycles. The summed E-state index contributed by atoms with van der Waals surface area (Å²) in [5.74, 6) is 6.30. The Hall–Kier alpha value is -4.05. The van der Waals surface area contributed by atoms with Gasteiger partial charge >= 0.3 is 12.2 Å². The lowest BCUT2D eigenvalue weighted by Gasteiger charge is -2.22. The van der Waals surface area contributed by atoms with Crippen LogP contribution in [0.5, 0.6) is 0 Å². The number of nitrogens with one attached hydrogen (secondary N) is 1. The van der Waals surface area contributed by atoms with Crippen molar-refractivity contribution in [2.75, 3.05) is 5.32 Å². The maximum atomic E-state index is 13.2. The molecule has 1 heterocycles. The average Bonchev–Trinajstić information content (AvgIpc) is 3.14. The van der Waals surface area contributed by atoms with Gasteiger partial charge in [0.15, 0.2) is 0 Å². The van der Waals surface area contributed by atoms with Crippen molar-refractivity contribution in [2.45, 2.75) is 52.7 Å². The molecule has 1 amide bonds. The quantitative estimate of drug-likeness (QED) is 0.470. The lowest BCUT2D eigenvalue weighted by atomic mass is 10.0. The van der Waals surface area contributed by atoms with Crippen molar-refractivity contribution >= 4 is 18.1 Å². The van der Waals surface area contributed by atoms with Crippen LogP contribution in [0.15, 0.2) is 60.8 Å². The van der Waals surface area contributed by atoms with Crippen molar-refractivity contribution in [3.8, 4) is 23.1 Å². The summed E-state index contributed by atoms with van der Waals surface area (Å²) in [5, 5.41) is 2.56. The van der Waals surface area contributed by atoms with Crippen LogP contribution >= 0.6 is 0 Å². The Morgan fingerprint density at radius 2 is 1.47 bits per heavy atom. The van der Waals surface area contributed by atoms with Crippen molar-refractivity contribution in [1.29, 1.82) is 0 Å². The molecule has 0 unspecified atom stereocenters. The number of nitrogens with zero attached hydrogens (tertiary/aromatic N) is 2. The molecule has 7 nitrogen and oxygen atoms in total. The summed E-state index contributed by atoms with van der Waals surface area (Å²) in [7, 11) is 0. The molecule has 0 saturated heterocycles. The molecule has 1 aromatic heterocycles. The summed E-state index contributed by atoms with van der Waals surface area (Å²) in [6.45, 7) is 10.5. The molecular weight excluding hydrogens is 430 g/mol. The van der Waals surface area contributed by atoms with Gasteiger partial charge < -0.3 is 9.47 Å². The van der Waals surface area contributed by atoms with Gasteiger partial charge in [0, 0.05) is 16.7 Å². The first-order valence-corrected chi connectivity index (χ1v) is 10.9. The molecule has 0 aliphatic rings. The van der Waals surface area contributed by atoms with Crippen LogP contribution in [0.4, 0.5) is 15.5 Å². The molecule has 176 valence electrons. The molecule has 34 heavy (non-hydrogen) atoms. The number of hydrogen-bond acceptors (Lipinski definition) is 5. The van der Waals surface area contributed by atoms with E-state index in [0.29, 0.717) is 16.8 Å². The summed E-state index contributed by atoms with van der Waals surface area (Å²) in [4.78, 5) is 29.8. The number of carbonyl (C=O) groups excluding carboxylic acids is 2. The molecule has 0 fully saturated rings. The van der Waals surface area contributed by atoms with E-state index in [9.17, 15) is 9.59 Å². The van der Waals surface area contributed by atoms with Crippen molar-refractivity contribution in [2.24, 2.45) is 0 Å². The Bertz CT molecular complexity index is 1240. The predicted molar refractivity (Wildman–Crippen MR) is 132 cm³/mol. The number of rotatable bonds is 2. The Morgan fingerprint density at radius 1 is 0.853 bits per heavy atom. The van der Waals surface area contributed by atoms with Crippen LogP contribution < -0.4 is 5.32 Å². The topological polar surface area (TPSA) is 82.5 Å². The van der Waals surface area contributed by atoms with Gasteiger partial charge in [0.1, 0.15) is 11.2 Å². The summed E-state index contributed by atoms with van der Waals surface area (Å²) in [6.07, 6.45) is 0.0862. The van der Waals surface area contributed by atoms with Gasteiger partial charge in [-0.25, -0.2) is 19.1 Å². The molecule has 3 rings (SSSR count). The molecule has 0 saturated carbocycles. The van der Waals surface area contributed by atoms with Gasteiger partial charge in [-0.15, -0.1) is 0 Å². The lowest BCUT2D eigenvalue weighted by molar-refractivity contribution is 0.0542. The van der Waals surface area contributed by atoms with E-state index < -0.39 is 23.4 Å². The van der Waals surface area contributed by atoms with Gasteiger partial charge in [-0.2, -0.15) is 0 Å². The second-order valence-corrected chi connectivity index (χ2v) is 9.57. The van der Waals surface area contributed by atoms with Crippen molar-refractivity contribution in [1.82, 2.24) is 9.55 Å². The maximum absolute atomic E-state index is 13.2. The third-order valence-corrected chi connectivity index (χ3v) is 4.27. The number of ether oxygens (including phenoxy) is 2. The van der Waals surface area contributed by atoms with Gasteiger partial charge in [0.05, 0.1) is 11.9 Å². The minimum atomic E-state index is -0.756. The Kier molecular flexibility index (Phi) is 7.11. The zero-order valence-electron chi connectivity index (χ0n) is 20.3. The first-order valence-electron chi connectivity index (χ1n) is 10.9. The number of hydrogen-bond donors (Lipinski definition) is 1. The average molecular weight is 460 g/mol. The van der Waals surface area contributed by atoms with E-state index >= 15 is 0 Å². The van der Waals surface area contributed by atoms with E-state index in [4.69, 9.17) is 9.47 Å². The maximum Gasteiger partial charge on any atom is 0.421 e. The van der Waals surface area contributed by atoms with Gasteiger partial charge in [0.2, 0.25) is 5.95 Å². The smallest absolute Gasteiger partial charge is 0.421 e. The van der Waals surface area contributed by atoms with Crippen LogP contribution in [0.2, 0.25) is 0 Å². The zero-order chi connectivity index (χ0) is 24.9. The highest BCUT2D eigenvalue weighted by molar-refractivity contribution is 5.89. The molecule has 3 aromatic rings. The number of anilines is 1. The van der Waals surface area contributed by atoms with E-state index in [1.807, 2.05) is 54.6 Å². The van der Waals surface area contributed by atoms with Crippen LogP contribution in [0.1, 0.15) is 52.7 Å². The van der Waals surface area contributed by atoms with E-state index in [2.05, 4.69) is 22.1 Å². The molecule has 0 aliphatic carbocycles. The molecular formula is C27H29N3O4. The highest BCUT2D eigenvalue weighted by atomic mass is 16.6. The number of aromatic nitrogens is 2. The third-order valence-electron chi connectivity index (χ3n) is 4.27. The predicted octanol–water partition coefficient (Wildman–Crippen LogP) is 6.08. The van der Waals surface area contributed by atoms with E-state index in [1.54, 1.807) is 41.5 Å². The monoisotopic (exact) mass is 459 g/mol. The van der Waals surface area contributed by atoms with Gasteiger partial charge in [-0.05, 0) is 59.7 Å². The van der Waals surface area contributed by atoms with Crippen LogP contribution in [-0.2, 0) is 9.47 Å². The second-order valence-electron chi connectivity index (χ2n) is 9.57. The van der Waals surface area contributed by atoms with Crippen molar-refractivity contribution in [3.05, 3.63) is 71.9 Å². The highest BCUT2D eigenvalue weighted by Crippen LogP contribution is 2.28.